The number of hydrogen-bond donors (Lipinski definition) is 3. The van der Waals surface area contributed by atoms with Gasteiger partial charge in [0.25, 0.3) is 0 Å². The summed E-state index contributed by atoms with van der Waals surface area (Å²) in [6, 6.07) is 10.7. The van der Waals surface area contributed by atoms with Crippen molar-refractivity contribution in [3.05, 3.63) is 48.6 Å². The van der Waals surface area contributed by atoms with Gasteiger partial charge in [-0.15, -0.1) is 6.58 Å². The van der Waals surface area contributed by atoms with Crippen LogP contribution in [-0.4, -0.2) is 14.7 Å². The van der Waals surface area contributed by atoms with Crippen molar-refractivity contribution in [2.24, 2.45) is 0 Å². The highest BCUT2D eigenvalue weighted by atomic mass is 31.2. The molecule has 0 fully saturated rings. The van der Waals surface area contributed by atoms with Crippen molar-refractivity contribution in [3.8, 4) is 0 Å². The maximum atomic E-state index is 8.88. The van der Waals surface area contributed by atoms with Gasteiger partial charge in [0.15, 0.2) is 0 Å². The molecule has 0 aliphatic carbocycles. The summed E-state index contributed by atoms with van der Waals surface area (Å²) in [6.07, 6.45) is 9.73. The highest BCUT2D eigenvalue weighted by Crippen LogP contribution is 2.25. The minimum Gasteiger partial charge on any atom is -0.303 e. The quantitative estimate of drug-likeness (QED) is 0.407. The molecule has 3 N–H and O–H groups in total. The largest absolute Gasteiger partial charge is 0.466 e. The zero-order valence-electron chi connectivity index (χ0n) is 11.1. The van der Waals surface area contributed by atoms with Gasteiger partial charge in [0.2, 0.25) is 0 Å². The summed E-state index contributed by atoms with van der Waals surface area (Å²) in [4.78, 5) is 21.6. The van der Waals surface area contributed by atoms with Crippen molar-refractivity contribution in [3.63, 3.8) is 0 Å². The van der Waals surface area contributed by atoms with E-state index in [-0.39, 0.29) is 0 Å². The molecule has 0 radical (unpaired) electrons. The van der Waals surface area contributed by atoms with E-state index in [0.717, 1.165) is 0 Å². The van der Waals surface area contributed by atoms with Crippen molar-refractivity contribution in [1.82, 2.24) is 0 Å². The van der Waals surface area contributed by atoms with Gasteiger partial charge in [-0.05, 0) is 31.2 Å². The lowest BCUT2D eigenvalue weighted by molar-refractivity contribution is 0.275. The van der Waals surface area contributed by atoms with Crippen LogP contribution in [0.5, 0.6) is 0 Å². The van der Waals surface area contributed by atoms with Crippen LogP contribution in [-0.2, 0) is 11.0 Å². The molecule has 0 unspecified atom stereocenters. The minimum absolute atomic E-state index is 1.17. The molecule has 5 heteroatoms. The molecule has 0 bridgehead atoms. The molecule has 1 aromatic carbocycles. The van der Waals surface area contributed by atoms with Gasteiger partial charge in [-0.2, -0.15) is 0 Å². The van der Waals surface area contributed by atoms with Crippen molar-refractivity contribution in [2.45, 2.75) is 38.5 Å². The average Bonchev–Trinajstić information content (AvgIpc) is 2.33. The molecule has 0 aliphatic rings. The molecular formula is C14H23O4P. The molecule has 1 aromatic rings. The Bertz CT molecular complexity index is 364. The highest BCUT2D eigenvalue weighted by molar-refractivity contribution is 7.45. The van der Waals surface area contributed by atoms with Gasteiger partial charge >= 0.3 is 7.82 Å². The Morgan fingerprint density at radius 1 is 1.00 bits per heavy atom. The first-order chi connectivity index (χ1) is 8.93. The van der Waals surface area contributed by atoms with E-state index < -0.39 is 7.82 Å². The maximum Gasteiger partial charge on any atom is 0.466 e. The Hall–Kier alpha value is -0.930. The Morgan fingerprint density at radius 3 is 2.05 bits per heavy atom. The van der Waals surface area contributed by atoms with E-state index in [4.69, 9.17) is 19.2 Å². The van der Waals surface area contributed by atoms with E-state index in [0.29, 0.717) is 0 Å². The maximum absolute atomic E-state index is 8.88. The van der Waals surface area contributed by atoms with E-state index in [1.54, 1.807) is 0 Å². The standard InChI is InChI=1S/C14H20.H3O4P/c1-2-3-4-5-6-8-11-14-12-9-7-10-13-14;1-5(2,3)4/h2,7,9-10,12-13H,1,3-6,8,11H2;(H3,1,2,3,4). The number of allylic oxidation sites excluding steroid dienone is 1. The van der Waals surface area contributed by atoms with Crippen molar-refractivity contribution in [1.29, 1.82) is 0 Å². The van der Waals surface area contributed by atoms with Crippen molar-refractivity contribution >= 4 is 7.82 Å². The molecule has 108 valence electrons. The second-order valence-electron chi connectivity index (χ2n) is 4.24. The monoisotopic (exact) mass is 286 g/mol. The summed E-state index contributed by atoms with van der Waals surface area (Å²) >= 11 is 0. The predicted molar refractivity (Wildman–Crippen MR) is 77.7 cm³/mol. The molecular weight excluding hydrogens is 263 g/mol. The fourth-order valence-electron chi connectivity index (χ4n) is 1.62. The molecule has 1 rings (SSSR count). The summed E-state index contributed by atoms with van der Waals surface area (Å²) in [5.74, 6) is 0. The van der Waals surface area contributed by atoms with E-state index >= 15 is 0 Å². The number of aryl methyl sites for hydroxylation is 1. The summed E-state index contributed by atoms with van der Waals surface area (Å²) in [7, 11) is -4.64. The normalized spacial score (nSPS) is 10.5. The van der Waals surface area contributed by atoms with Crippen LogP contribution in [0.4, 0.5) is 0 Å². The van der Waals surface area contributed by atoms with Gasteiger partial charge in [0.1, 0.15) is 0 Å². The lowest BCUT2D eigenvalue weighted by Gasteiger charge is -2.00. The van der Waals surface area contributed by atoms with E-state index in [9.17, 15) is 0 Å². The number of unbranched alkanes of at least 4 members (excludes halogenated alkanes) is 4. The summed E-state index contributed by atoms with van der Waals surface area (Å²) in [6.45, 7) is 3.73. The van der Waals surface area contributed by atoms with Crippen molar-refractivity contribution in [2.75, 3.05) is 0 Å². The van der Waals surface area contributed by atoms with E-state index in [1.807, 2.05) is 6.08 Å². The third-order valence-electron chi connectivity index (χ3n) is 2.47. The van der Waals surface area contributed by atoms with Gasteiger partial charge in [0, 0.05) is 0 Å². The predicted octanol–water partition coefficient (Wildman–Crippen LogP) is 3.44. The molecule has 0 heterocycles. The molecule has 0 saturated heterocycles. The van der Waals surface area contributed by atoms with Crippen LogP contribution in [0.3, 0.4) is 0 Å². The van der Waals surface area contributed by atoms with Gasteiger partial charge in [-0.25, -0.2) is 4.57 Å². The van der Waals surface area contributed by atoms with Crippen LogP contribution in [0.15, 0.2) is 43.0 Å². The lowest BCUT2D eigenvalue weighted by atomic mass is 10.1. The van der Waals surface area contributed by atoms with Crippen LogP contribution in [0, 0.1) is 0 Å². The van der Waals surface area contributed by atoms with Crippen LogP contribution < -0.4 is 0 Å². The summed E-state index contributed by atoms with van der Waals surface area (Å²) < 4.78 is 8.88. The molecule has 0 atom stereocenters. The fraction of sp³-hybridized carbons (Fsp3) is 0.429. The molecule has 0 aromatic heterocycles. The Balaban J connectivity index is 0.000000555. The Morgan fingerprint density at radius 2 is 1.53 bits per heavy atom. The Kier molecular flexibility index (Phi) is 10.4. The third-order valence-corrected chi connectivity index (χ3v) is 2.47. The van der Waals surface area contributed by atoms with Gasteiger partial charge in [-0.1, -0.05) is 49.2 Å². The molecule has 0 amide bonds. The number of phosphoric acid groups is 1. The van der Waals surface area contributed by atoms with Crippen LogP contribution in [0.25, 0.3) is 0 Å². The fourth-order valence-corrected chi connectivity index (χ4v) is 1.62. The van der Waals surface area contributed by atoms with Gasteiger partial charge < -0.3 is 14.7 Å². The third kappa shape index (κ3) is 17.1. The number of benzene rings is 1. The molecule has 4 nitrogen and oxygen atoms in total. The zero-order chi connectivity index (χ0) is 14.6. The number of hydrogen-bond acceptors (Lipinski definition) is 1. The Labute approximate surface area is 115 Å². The first-order valence-corrected chi connectivity index (χ1v) is 7.93. The van der Waals surface area contributed by atoms with Gasteiger partial charge in [-0.3, -0.25) is 0 Å². The minimum atomic E-state index is -4.64. The molecule has 0 aliphatic heterocycles. The zero-order valence-corrected chi connectivity index (χ0v) is 12.0. The van der Waals surface area contributed by atoms with E-state index in [1.165, 1.54) is 44.1 Å². The molecule has 19 heavy (non-hydrogen) atoms. The molecule has 0 spiro atoms. The van der Waals surface area contributed by atoms with Crippen molar-refractivity contribution < 1.29 is 19.2 Å². The summed E-state index contributed by atoms with van der Waals surface area (Å²) in [5, 5.41) is 0. The second-order valence-corrected chi connectivity index (χ2v) is 5.27. The number of rotatable bonds is 7. The second kappa shape index (κ2) is 10.9. The summed E-state index contributed by atoms with van der Waals surface area (Å²) in [5.41, 5.74) is 1.47. The van der Waals surface area contributed by atoms with E-state index in [2.05, 4.69) is 36.9 Å². The smallest absolute Gasteiger partial charge is 0.303 e. The highest BCUT2D eigenvalue weighted by Gasteiger charge is 2.00. The first-order valence-electron chi connectivity index (χ1n) is 6.36. The van der Waals surface area contributed by atoms with Crippen LogP contribution in [0.1, 0.15) is 37.7 Å². The van der Waals surface area contributed by atoms with Crippen LogP contribution >= 0.6 is 7.82 Å². The van der Waals surface area contributed by atoms with Crippen LogP contribution in [0.2, 0.25) is 0 Å². The average molecular weight is 286 g/mol. The topological polar surface area (TPSA) is 77.8 Å². The van der Waals surface area contributed by atoms with Gasteiger partial charge in [0.05, 0.1) is 0 Å². The molecule has 0 saturated carbocycles. The lowest BCUT2D eigenvalue weighted by Crippen LogP contribution is -1.85. The first kappa shape index (κ1) is 18.1. The SMILES string of the molecule is C=CCCCCCCc1ccccc1.O=P(O)(O)O.